The lowest BCUT2D eigenvalue weighted by Gasteiger charge is -2.23. The summed E-state index contributed by atoms with van der Waals surface area (Å²) in [5, 5.41) is 0. The molecule has 0 spiro atoms. The van der Waals surface area contributed by atoms with Crippen LogP contribution in [0.3, 0.4) is 0 Å². The van der Waals surface area contributed by atoms with Crippen LogP contribution in [0.25, 0.3) is 28.9 Å². The van der Waals surface area contributed by atoms with E-state index in [1.165, 1.54) is 94.6 Å². The highest BCUT2D eigenvalue weighted by Gasteiger charge is 2.37. The smallest absolute Gasteiger partial charge is 0.0159 e. The zero-order valence-electron chi connectivity index (χ0n) is 51.5. The molecule has 0 aliphatic heterocycles. The largest absolute Gasteiger partial charge is 0.0991 e. The number of benzene rings is 5. The molecule has 0 heteroatoms. The van der Waals surface area contributed by atoms with Gasteiger partial charge < -0.3 is 0 Å². The molecule has 6 rings (SSSR count). The Morgan fingerprint density at radius 2 is 1.11 bits per heavy atom. The predicted octanol–water partition coefficient (Wildman–Crippen LogP) is 23.7. The molecule has 0 nitrogen and oxygen atoms in total. The molecule has 0 unspecified atom stereocenters. The monoisotopic (exact) mass is 1000 g/mol. The van der Waals surface area contributed by atoms with Crippen LogP contribution >= 0.6 is 0 Å². The Balaban J connectivity index is 0. The Kier molecular flexibility index (Phi) is 36.7. The summed E-state index contributed by atoms with van der Waals surface area (Å²) in [5.41, 5.74) is 23.4. The molecule has 0 N–H and O–H groups in total. The van der Waals surface area contributed by atoms with Gasteiger partial charge in [-0.25, -0.2) is 0 Å². The lowest BCUT2D eigenvalue weighted by Crippen LogP contribution is -2.15. The summed E-state index contributed by atoms with van der Waals surface area (Å²) in [6.07, 6.45) is 21.3. The fourth-order valence-corrected chi connectivity index (χ4v) is 8.04. The Morgan fingerprint density at radius 1 is 0.600 bits per heavy atom. The topological polar surface area (TPSA) is 0 Å². The quantitative estimate of drug-likeness (QED) is 0.116. The number of hydrogen-bond acceptors (Lipinski definition) is 0. The van der Waals surface area contributed by atoms with Crippen molar-refractivity contribution in [2.24, 2.45) is 11.8 Å². The molecule has 0 saturated carbocycles. The van der Waals surface area contributed by atoms with Crippen molar-refractivity contribution in [2.45, 2.75) is 157 Å². The average molecular weight is 1010 g/mol. The van der Waals surface area contributed by atoms with E-state index in [-0.39, 0.29) is 5.41 Å². The lowest BCUT2D eigenvalue weighted by atomic mass is 9.80. The molecule has 0 fully saturated rings. The SMILES string of the molecule is C/C=C\C(=C/C(C)C)C(C)C.C=C/C(CC)=C(/C)C(=C)c1ccccc1C.C=C/C=C\C(C)=C/C.C=Cc1c(C)cc2c(c1C=C)-c1ccc(C)cc1C2(C)C.CC.CC.Cc1ccc(C)cc1.Cc1ccccc1. The van der Waals surface area contributed by atoms with Gasteiger partial charge in [0.25, 0.3) is 0 Å². The summed E-state index contributed by atoms with van der Waals surface area (Å²) in [4.78, 5) is 0. The molecule has 5 aromatic carbocycles. The second-order valence-corrected chi connectivity index (χ2v) is 19.5. The van der Waals surface area contributed by atoms with Crippen molar-refractivity contribution < 1.29 is 0 Å². The van der Waals surface area contributed by atoms with Gasteiger partial charge in [0, 0.05) is 5.41 Å². The van der Waals surface area contributed by atoms with Gasteiger partial charge in [0.2, 0.25) is 0 Å². The van der Waals surface area contributed by atoms with E-state index >= 15 is 0 Å². The summed E-state index contributed by atoms with van der Waals surface area (Å²) >= 11 is 0. The Bertz CT molecular complexity index is 2610. The van der Waals surface area contributed by atoms with Gasteiger partial charge in [0.1, 0.15) is 0 Å². The average Bonchev–Trinajstić information content (AvgIpc) is 3.62. The van der Waals surface area contributed by atoms with Crippen LogP contribution in [-0.4, -0.2) is 0 Å². The molecule has 0 saturated heterocycles. The molecule has 0 aromatic heterocycles. The van der Waals surface area contributed by atoms with Gasteiger partial charge in [-0.2, -0.15) is 0 Å². The van der Waals surface area contributed by atoms with E-state index in [2.05, 4.69) is 253 Å². The third-order valence-corrected chi connectivity index (χ3v) is 12.5. The number of aryl methyl sites for hydroxylation is 6. The fourth-order valence-electron chi connectivity index (χ4n) is 8.04. The highest BCUT2D eigenvalue weighted by Crippen LogP contribution is 2.51. The molecule has 0 radical (unpaired) electrons. The molecule has 0 bridgehead atoms. The van der Waals surface area contributed by atoms with Crippen molar-refractivity contribution in [2.75, 3.05) is 0 Å². The van der Waals surface area contributed by atoms with Crippen LogP contribution in [0.15, 0.2) is 207 Å². The molecule has 1 aliphatic carbocycles. The maximum atomic E-state index is 4.20. The van der Waals surface area contributed by atoms with Crippen molar-refractivity contribution in [3.8, 4) is 11.1 Å². The summed E-state index contributed by atoms with van der Waals surface area (Å²) in [7, 11) is 0. The summed E-state index contributed by atoms with van der Waals surface area (Å²) in [6.45, 7) is 64.3. The van der Waals surface area contributed by atoms with Crippen LogP contribution in [0.4, 0.5) is 0 Å². The Hall–Kier alpha value is -6.50. The van der Waals surface area contributed by atoms with Gasteiger partial charge in [-0.15, -0.1) is 0 Å². The van der Waals surface area contributed by atoms with Gasteiger partial charge in [0.05, 0.1) is 0 Å². The van der Waals surface area contributed by atoms with Crippen LogP contribution in [0.5, 0.6) is 0 Å². The second kappa shape index (κ2) is 39.0. The molecular weight excluding hydrogens is 901 g/mol. The second-order valence-electron chi connectivity index (χ2n) is 19.5. The van der Waals surface area contributed by atoms with Crippen LogP contribution in [-0.2, 0) is 5.41 Å². The molecule has 0 atom stereocenters. The van der Waals surface area contributed by atoms with Crippen molar-refractivity contribution in [3.05, 3.63) is 268 Å². The summed E-state index contributed by atoms with van der Waals surface area (Å²) in [6, 6.07) is 36.2. The molecule has 0 heterocycles. The van der Waals surface area contributed by atoms with E-state index < -0.39 is 0 Å². The van der Waals surface area contributed by atoms with E-state index in [9.17, 15) is 0 Å². The van der Waals surface area contributed by atoms with Gasteiger partial charge in [-0.1, -0.05) is 301 Å². The van der Waals surface area contributed by atoms with E-state index in [4.69, 9.17) is 0 Å². The normalized spacial score (nSPS) is 11.9. The summed E-state index contributed by atoms with van der Waals surface area (Å²) in [5.74, 6) is 1.30. The number of fused-ring (bicyclic) bond motifs is 3. The lowest BCUT2D eigenvalue weighted by molar-refractivity contribution is 0.659. The minimum absolute atomic E-state index is 0.0406. The van der Waals surface area contributed by atoms with Gasteiger partial charge in [-0.3, -0.25) is 0 Å². The first-order chi connectivity index (χ1) is 35.6. The van der Waals surface area contributed by atoms with Crippen LogP contribution in [0.1, 0.15) is 171 Å². The van der Waals surface area contributed by atoms with Crippen molar-refractivity contribution in [1.82, 2.24) is 0 Å². The zero-order valence-corrected chi connectivity index (χ0v) is 51.5. The minimum atomic E-state index is 0.0406. The molecule has 5 aromatic rings. The first kappa shape index (κ1) is 70.6. The third-order valence-electron chi connectivity index (χ3n) is 12.5. The number of hydrogen-bond donors (Lipinski definition) is 0. The molecule has 75 heavy (non-hydrogen) atoms. The molecule has 404 valence electrons. The standard InChI is InChI=1S/C21H22.C16H20.C11H20.C8H10.C8H12.C7H8.2C2H6/c1-7-15-14(4)12-19-20(16(15)8-2)17-10-9-13(3)11-18(17)21(19,5)6;1-6-15(7-2)13(4)14(5)16-11-9-8-10-12(16)3;1-6-7-11(10(4)5)8-9(2)3;1-7-3-5-8(2)6-4-7;1-4-6-7-8(3)5-2;1-7-5-3-2-4-6-7;2*1-2/h7-12H,1-2H2,3-6H3;6,8-11H,1,5,7H2,2-4H3;6-10H,1-5H3;3-6H,1-2H3;4-7H,1H2,2-3H3;2-6H,1H3;2*1-2H3/b;15-13+;7-6-,11-8+;;7-6-,8-5-;;;. The van der Waals surface area contributed by atoms with E-state index in [0.29, 0.717) is 11.8 Å². The van der Waals surface area contributed by atoms with Gasteiger partial charge in [0.15, 0.2) is 0 Å². The van der Waals surface area contributed by atoms with E-state index in [0.717, 1.165) is 12.0 Å². The minimum Gasteiger partial charge on any atom is -0.0991 e. The Labute approximate surface area is 463 Å². The maximum absolute atomic E-state index is 4.20. The van der Waals surface area contributed by atoms with Gasteiger partial charge in [-0.05, 0) is 160 Å². The highest BCUT2D eigenvalue weighted by molar-refractivity contribution is 5.91. The first-order valence-electron chi connectivity index (χ1n) is 27.5. The molecule has 1 aliphatic rings. The van der Waals surface area contributed by atoms with Crippen molar-refractivity contribution in [3.63, 3.8) is 0 Å². The number of rotatable bonds is 11. The molecular formula is C75H104. The highest BCUT2D eigenvalue weighted by atomic mass is 14.4. The van der Waals surface area contributed by atoms with Crippen molar-refractivity contribution in [1.29, 1.82) is 0 Å². The van der Waals surface area contributed by atoms with E-state index in [1.807, 2.05) is 83.2 Å². The third kappa shape index (κ3) is 24.6. The zero-order chi connectivity index (χ0) is 57.8. The number of allylic oxidation sites excluding steroid dienone is 13. The molecule has 0 amide bonds. The van der Waals surface area contributed by atoms with E-state index in [1.54, 1.807) is 6.08 Å². The summed E-state index contributed by atoms with van der Waals surface area (Å²) < 4.78 is 0. The van der Waals surface area contributed by atoms with Crippen LogP contribution in [0.2, 0.25) is 0 Å². The fraction of sp³-hybridized carbons (Fsp3) is 0.333. The predicted molar refractivity (Wildman–Crippen MR) is 348 cm³/mol. The van der Waals surface area contributed by atoms with Crippen molar-refractivity contribution >= 4 is 17.7 Å². The first-order valence-corrected chi connectivity index (χ1v) is 27.5. The van der Waals surface area contributed by atoms with Gasteiger partial charge >= 0.3 is 0 Å². The Morgan fingerprint density at radius 3 is 1.52 bits per heavy atom. The van der Waals surface area contributed by atoms with Crippen LogP contribution < -0.4 is 0 Å². The maximum Gasteiger partial charge on any atom is 0.0159 e. The van der Waals surface area contributed by atoms with Crippen LogP contribution in [0, 0.1) is 53.4 Å².